The number of carbonyl (C=O) groups excluding carboxylic acids is 1. The minimum absolute atomic E-state index is 0.160. The number of nitrogens with two attached hydrogens (primary N) is 1. The SMILES string of the molecule is CCc1cc(C(=O)NCc2cnn(C)c2C)cc(NN)n1. The first-order valence-corrected chi connectivity index (χ1v) is 6.78. The van der Waals surface area contributed by atoms with E-state index in [-0.39, 0.29) is 5.91 Å². The van der Waals surface area contributed by atoms with Gasteiger partial charge in [-0.2, -0.15) is 5.10 Å². The van der Waals surface area contributed by atoms with Gasteiger partial charge in [-0.3, -0.25) is 9.48 Å². The number of aryl methyl sites for hydroxylation is 2. The maximum atomic E-state index is 12.2. The Morgan fingerprint density at radius 2 is 2.19 bits per heavy atom. The van der Waals surface area contributed by atoms with Crippen LogP contribution in [-0.2, 0) is 20.0 Å². The molecular weight excluding hydrogens is 268 g/mol. The van der Waals surface area contributed by atoms with Gasteiger partial charge in [-0.15, -0.1) is 0 Å². The van der Waals surface area contributed by atoms with Crippen molar-refractivity contribution in [2.24, 2.45) is 12.9 Å². The highest BCUT2D eigenvalue weighted by molar-refractivity contribution is 5.94. The maximum Gasteiger partial charge on any atom is 0.251 e. The molecule has 0 aromatic carbocycles. The molecule has 0 bridgehead atoms. The Morgan fingerprint density at radius 3 is 2.76 bits per heavy atom. The lowest BCUT2D eigenvalue weighted by molar-refractivity contribution is 0.0950. The van der Waals surface area contributed by atoms with Gasteiger partial charge in [-0.1, -0.05) is 6.92 Å². The number of rotatable bonds is 5. The number of amides is 1. The van der Waals surface area contributed by atoms with E-state index in [4.69, 9.17) is 5.84 Å². The molecule has 0 saturated heterocycles. The lowest BCUT2D eigenvalue weighted by atomic mass is 10.1. The van der Waals surface area contributed by atoms with Crippen LogP contribution >= 0.6 is 0 Å². The standard InChI is InChI=1S/C14H20N6O/c1-4-12-5-10(6-13(18-12)19-15)14(21)16-7-11-8-17-20(3)9(11)2/h5-6,8H,4,7,15H2,1-3H3,(H,16,21)(H,18,19). The molecule has 0 fully saturated rings. The summed E-state index contributed by atoms with van der Waals surface area (Å²) in [5, 5.41) is 7.03. The molecule has 0 saturated carbocycles. The zero-order chi connectivity index (χ0) is 15.4. The van der Waals surface area contributed by atoms with Crippen molar-refractivity contribution in [1.82, 2.24) is 20.1 Å². The molecule has 0 radical (unpaired) electrons. The molecule has 2 rings (SSSR count). The average Bonchev–Trinajstić information content (AvgIpc) is 2.83. The van der Waals surface area contributed by atoms with Crippen LogP contribution in [0.1, 0.15) is 34.2 Å². The summed E-state index contributed by atoms with van der Waals surface area (Å²) < 4.78 is 1.78. The van der Waals surface area contributed by atoms with E-state index in [2.05, 4.69) is 20.8 Å². The fraction of sp³-hybridized carbons (Fsp3) is 0.357. The molecule has 0 spiro atoms. The van der Waals surface area contributed by atoms with Crippen molar-refractivity contribution in [2.75, 3.05) is 5.43 Å². The summed E-state index contributed by atoms with van der Waals surface area (Å²) in [4.78, 5) is 16.5. The van der Waals surface area contributed by atoms with Crippen LogP contribution in [0.15, 0.2) is 18.3 Å². The Morgan fingerprint density at radius 1 is 1.43 bits per heavy atom. The number of nitrogens with one attached hydrogen (secondary N) is 2. The lowest BCUT2D eigenvalue weighted by Gasteiger charge is -2.08. The van der Waals surface area contributed by atoms with Crippen molar-refractivity contribution >= 4 is 11.7 Å². The Labute approximate surface area is 123 Å². The van der Waals surface area contributed by atoms with Crippen molar-refractivity contribution in [3.05, 3.63) is 40.8 Å². The van der Waals surface area contributed by atoms with E-state index in [1.807, 2.05) is 20.9 Å². The number of hydrogen-bond acceptors (Lipinski definition) is 5. The van der Waals surface area contributed by atoms with E-state index in [1.54, 1.807) is 23.0 Å². The zero-order valence-electron chi connectivity index (χ0n) is 12.5. The second-order valence-corrected chi connectivity index (χ2v) is 4.79. The lowest BCUT2D eigenvalue weighted by Crippen LogP contribution is -2.24. The van der Waals surface area contributed by atoms with Gasteiger partial charge in [0.1, 0.15) is 5.82 Å². The third-order valence-corrected chi connectivity index (χ3v) is 3.43. The third kappa shape index (κ3) is 3.38. The van der Waals surface area contributed by atoms with Gasteiger partial charge in [0.05, 0.1) is 6.20 Å². The quantitative estimate of drug-likeness (QED) is 0.561. The number of aromatic nitrogens is 3. The molecule has 0 unspecified atom stereocenters. The number of pyridine rings is 1. The van der Waals surface area contributed by atoms with Gasteiger partial charge in [-0.05, 0) is 25.5 Å². The topological polar surface area (TPSA) is 97.9 Å². The van der Waals surface area contributed by atoms with Gasteiger partial charge in [0.25, 0.3) is 5.91 Å². The Kier molecular flexibility index (Phi) is 4.54. The molecule has 0 aliphatic carbocycles. The van der Waals surface area contributed by atoms with Gasteiger partial charge in [-0.25, -0.2) is 10.8 Å². The molecule has 2 heterocycles. The largest absolute Gasteiger partial charge is 0.348 e. The smallest absolute Gasteiger partial charge is 0.251 e. The van der Waals surface area contributed by atoms with Crippen LogP contribution in [0.2, 0.25) is 0 Å². The van der Waals surface area contributed by atoms with E-state index in [0.29, 0.717) is 17.9 Å². The summed E-state index contributed by atoms with van der Waals surface area (Å²) in [5.41, 5.74) is 5.85. The monoisotopic (exact) mass is 288 g/mol. The van der Waals surface area contributed by atoms with Crippen molar-refractivity contribution in [2.45, 2.75) is 26.8 Å². The number of anilines is 1. The molecule has 112 valence electrons. The second kappa shape index (κ2) is 6.36. The molecule has 7 heteroatoms. The summed E-state index contributed by atoms with van der Waals surface area (Å²) in [6.07, 6.45) is 2.49. The van der Waals surface area contributed by atoms with E-state index in [1.165, 1.54) is 0 Å². The first-order chi connectivity index (χ1) is 10.0. The number of nitrogen functional groups attached to an aromatic ring is 1. The fourth-order valence-corrected chi connectivity index (χ4v) is 1.97. The van der Waals surface area contributed by atoms with E-state index < -0.39 is 0 Å². The van der Waals surface area contributed by atoms with Gasteiger partial charge < -0.3 is 10.7 Å². The summed E-state index contributed by atoms with van der Waals surface area (Å²) >= 11 is 0. The van der Waals surface area contributed by atoms with Crippen molar-refractivity contribution in [3.63, 3.8) is 0 Å². The van der Waals surface area contributed by atoms with Gasteiger partial charge in [0.15, 0.2) is 0 Å². The Hall–Kier alpha value is -2.41. The van der Waals surface area contributed by atoms with E-state index >= 15 is 0 Å². The number of carbonyl (C=O) groups is 1. The molecule has 0 atom stereocenters. The number of hydrogen-bond donors (Lipinski definition) is 3. The van der Waals surface area contributed by atoms with Crippen LogP contribution in [0.4, 0.5) is 5.82 Å². The minimum Gasteiger partial charge on any atom is -0.348 e. The molecule has 21 heavy (non-hydrogen) atoms. The molecule has 2 aromatic rings. The number of nitrogens with zero attached hydrogens (tertiary/aromatic N) is 3. The highest BCUT2D eigenvalue weighted by Gasteiger charge is 2.10. The molecule has 2 aromatic heterocycles. The molecule has 4 N–H and O–H groups in total. The normalized spacial score (nSPS) is 10.5. The highest BCUT2D eigenvalue weighted by atomic mass is 16.1. The summed E-state index contributed by atoms with van der Waals surface area (Å²) in [6.45, 7) is 4.38. The predicted octanol–water partition coefficient (Wildman–Crippen LogP) is 0.902. The molecule has 1 amide bonds. The Balaban J connectivity index is 2.11. The number of hydrazine groups is 1. The van der Waals surface area contributed by atoms with Crippen LogP contribution in [0.3, 0.4) is 0 Å². The average molecular weight is 288 g/mol. The maximum absolute atomic E-state index is 12.2. The summed E-state index contributed by atoms with van der Waals surface area (Å²) in [5.74, 6) is 5.70. The molecular formula is C14H20N6O. The first kappa shape index (κ1) is 15.0. The molecule has 7 nitrogen and oxygen atoms in total. The van der Waals surface area contributed by atoms with Gasteiger partial charge in [0, 0.05) is 36.1 Å². The zero-order valence-corrected chi connectivity index (χ0v) is 12.5. The van der Waals surface area contributed by atoms with Crippen LogP contribution in [0.5, 0.6) is 0 Å². The van der Waals surface area contributed by atoms with Crippen molar-refractivity contribution in [1.29, 1.82) is 0 Å². The molecule has 0 aliphatic heterocycles. The first-order valence-electron chi connectivity index (χ1n) is 6.78. The van der Waals surface area contributed by atoms with Crippen LogP contribution in [0.25, 0.3) is 0 Å². The third-order valence-electron chi connectivity index (χ3n) is 3.43. The van der Waals surface area contributed by atoms with Crippen LogP contribution in [-0.4, -0.2) is 20.7 Å². The summed E-state index contributed by atoms with van der Waals surface area (Å²) in [6, 6.07) is 3.40. The molecule has 0 aliphatic rings. The van der Waals surface area contributed by atoms with Crippen molar-refractivity contribution < 1.29 is 4.79 Å². The predicted molar refractivity (Wildman–Crippen MR) is 80.5 cm³/mol. The fourth-order valence-electron chi connectivity index (χ4n) is 1.97. The van der Waals surface area contributed by atoms with E-state index in [9.17, 15) is 4.79 Å². The van der Waals surface area contributed by atoms with E-state index in [0.717, 1.165) is 23.4 Å². The van der Waals surface area contributed by atoms with Gasteiger partial charge >= 0.3 is 0 Å². The van der Waals surface area contributed by atoms with Gasteiger partial charge in [0.2, 0.25) is 0 Å². The highest BCUT2D eigenvalue weighted by Crippen LogP contribution is 2.11. The minimum atomic E-state index is -0.160. The summed E-state index contributed by atoms with van der Waals surface area (Å²) in [7, 11) is 1.87. The van der Waals surface area contributed by atoms with Crippen LogP contribution < -0.4 is 16.6 Å². The van der Waals surface area contributed by atoms with Crippen LogP contribution in [0, 0.1) is 6.92 Å². The Bertz CT molecular complexity index is 627. The second-order valence-electron chi connectivity index (χ2n) is 4.79. The van der Waals surface area contributed by atoms with Crippen molar-refractivity contribution in [3.8, 4) is 0 Å².